The van der Waals surface area contributed by atoms with Crippen LogP contribution in [0.5, 0.6) is 0 Å². The lowest BCUT2D eigenvalue weighted by molar-refractivity contribution is -0.137. The number of allylic oxidation sites excluding steroid dienone is 1. The number of esters is 1. The van der Waals surface area contributed by atoms with Crippen LogP contribution >= 0.6 is 0 Å². The SMILES string of the molecule is C=CC(=O)CCCCCCCCCCCCCCCCCCN.C=CC(=O)OCCCCCCCCCCCCCCCCCC. The fourth-order valence-corrected chi connectivity index (χ4v) is 5.90. The average Bonchev–Trinajstić information content (AvgIpc) is 3.07. The number of unbranched alkanes of at least 4 members (excludes halogenated alkanes) is 30. The van der Waals surface area contributed by atoms with Crippen LogP contribution in [0.1, 0.15) is 219 Å². The lowest BCUT2D eigenvalue weighted by atomic mass is 10.0. The summed E-state index contributed by atoms with van der Waals surface area (Å²) >= 11 is 0. The topological polar surface area (TPSA) is 69.4 Å². The fourth-order valence-electron chi connectivity index (χ4n) is 5.90. The van der Waals surface area contributed by atoms with E-state index in [1.165, 1.54) is 205 Å². The van der Waals surface area contributed by atoms with Gasteiger partial charge in [-0.05, 0) is 31.9 Å². The maximum atomic E-state index is 11.0. The molecule has 46 heavy (non-hydrogen) atoms. The molecule has 4 nitrogen and oxygen atoms in total. The number of carbonyl (C=O) groups excluding carboxylic acids is 2. The molecule has 0 aromatic rings. The molecule has 0 aliphatic carbocycles. The Bertz CT molecular complexity index is 578. The number of ether oxygens (including phenoxy) is 1. The van der Waals surface area contributed by atoms with E-state index in [2.05, 4.69) is 20.1 Å². The standard InChI is InChI=1S/C21H41NO.C21H40O2/c1-2-21(23)19-17-15-13-11-9-7-5-3-4-6-8-10-12-14-16-18-20-22;1-3-5-6-7-8-9-10-11-12-13-14-15-16-17-18-19-20-23-21(22)4-2/h2H,1,3-20,22H2;4H,2-3,5-20H2,1H3. The molecule has 0 bridgehead atoms. The van der Waals surface area contributed by atoms with Gasteiger partial charge in [-0.3, -0.25) is 4.79 Å². The molecule has 0 aromatic carbocycles. The summed E-state index contributed by atoms with van der Waals surface area (Å²) in [5, 5.41) is 0. The largest absolute Gasteiger partial charge is 0.463 e. The number of hydrogen-bond donors (Lipinski definition) is 1. The van der Waals surface area contributed by atoms with Gasteiger partial charge in [-0.25, -0.2) is 4.79 Å². The van der Waals surface area contributed by atoms with Gasteiger partial charge in [0.25, 0.3) is 0 Å². The normalized spacial score (nSPS) is 10.7. The van der Waals surface area contributed by atoms with Gasteiger partial charge < -0.3 is 10.5 Å². The van der Waals surface area contributed by atoms with Crippen molar-refractivity contribution in [3.8, 4) is 0 Å². The first-order chi connectivity index (χ1) is 22.6. The van der Waals surface area contributed by atoms with Crippen molar-refractivity contribution in [1.82, 2.24) is 0 Å². The Morgan fingerprint density at radius 3 is 1.07 bits per heavy atom. The van der Waals surface area contributed by atoms with Gasteiger partial charge in [0.05, 0.1) is 6.61 Å². The van der Waals surface area contributed by atoms with Gasteiger partial charge in [0, 0.05) is 12.5 Å². The second kappa shape index (κ2) is 43.6. The molecule has 0 spiro atoms. The third-order valence-electron chi connectivity index (χ3n) is 9.01. The van der Waals surface area contributed by atoms with Crippen LogP contribution < -0.4 is 5.73 Å². The van der Waals surface area contributed by atoms with Crippen LogP contribution in [-0.2, 0) is 14.3 Å². The third-order valence-corrected chi connectivity index (χ3v) is 9.01. The molecule has 0 rings (SSSR count). The molecular formula is C42H81NO3. The lowest BCUT2D eigenvalue weighted by Crippen LogP contribution is -2.01. The lowest BCUT2D eigenvalue weighted by Gasteiger charge is -2.04. The summed E-state index contributed by atoms with van der Waals surface area (Å²) in [7, 11) is 0. The van der Waals surface area contributed by atoms with Gasteiger partial charge in [0.1, 0.15) is 0 Å². The Kier molecular flexibility index (Phi) is 44.2. The van der Waals surface area contributed by atoms with E-state index < -0.39 is 0 Å². The maximum Gasteiger partial charge on any atom is 0.330 e. The number of rotatable bonds is 37. The summed E-state index contributed by atoms with van der Waals surface area (Å²) in [4.78, 5) is 21.9. The summed E-state index contributed by atoms with van der Waals surface area (Å²) in [6.07, 6.45) is 46.6. The van der Waals surface area contributed by atoms with Crippen molar-refractivity contribution in [1.29, 1.82) is 0 Å². The van der Waals surface area contributed by atoms with Gasteiger partial charge in [0.15, 0.2) is 5.78 Å². The van der Waals surface area contributed by atoms with E-state index in [0.717, 1.165) is 19.4 Å². The molecule has 0 atom stereocenters. The minimum Gasteiger partial charge on any atom is -0.463 e. The van der Waals surface area contributed by atoms with E-state index in [9.17, 15) is 9.59 Å². The van der Waals surface area contributed by atoms with Crippen molar-refractivity contribution in [2.24, 2.45) is 5.73 Å². The number of hydrogen-bond acceptors (Lipinski definition) is 4. The van der Waals surface area contributed by atoms with Crippen molar-refractivity contribution in [2.75, 3.05) is 13.2 Å². The van der Waals surface area contributed by atoms with E-state index in [1.807, 2.05) is 0 Å². The first-order valence-corrected chi connectivity index (χ1v) is 20.3. The highest BCUT2D eigenvalue weighted by atomic mass is 16.5. The molecule has 0 saturated carbocycles. The summed E-state index contributed by atoms with van der Waals surface area (Å²) in [6, 6.07) is 0. The Morgan fingerprint density at radius 2 is 0.761 bits per heavy atom. The Balaban J connectivity index is 0. The monoisotopic (exact) mass is 648 g/mol. The number of ketones is 1. The summed E-state index contributed by atoms with van der Waals surface area (Å²) in [6.45, 7) is 10.6. The highest BCUT2D eigenvalue weighted by Crippen LogP contribution is 2.15. The summed E-state index contributed by atoms with van der Waals surface area (Å²) in [5.74, 6) is -0.105. The Hall–Kier alpha value is -1.42. The molecule has 0 aliphatic heterocycles. The first-order valence-electron chi connectivity index (χ1n) is 20.3. The van der Waals surface area contributed by atoms with E-state index >= 15 is 0 Å². The van der Waals surface area contributed by atoms with E-state index in [4.69, 9.17) is 10.5 Å². The zero-order valence-electron chi connectivity index (χ0n) is 31.1. The van der Waals surface area contributed by atoms with Crippen LogP contribution in [0.25, 0.3) is 0 Å². The van der Waals surface area contributed by atoms with Gasteiger partial charge in [-0.2, -0.15) is 0 Å². The fraction of sp³-hybridized carbons (Fsp3) is 0.857. The number of nitrogens with two attached hydrogens (primary N) is 1. The van der Waals surface area contributed by atoms with Crippen molar-refractivity contribution in [3.63, 3.8) is 0 Å². The highest BCUT2D eigenvalue weighted by Gasteiger charge is 1.98. The summed E-state index contributed by atoms with van der Waals surface area (Å²) < 4.78 is 4.95. The first kappa shape index (κ1) is 46.7. The zero-order chi connectivity index (χ0) is 34.0. The van der Waals surface area contributed by atoms with Crippen molar-refractivity contribution in [3.05, 3.63) is 25.3 Å². The van der Waals surface area contributed by atoms with E-state index in [1.54, 1.807) is 0 Å². The predicted octanol–water partition coefficient (Wildman–Crippen LogP) is 13.3. The molecule has 2 N–H and O–H groups in total. The Morgan fingerprint density at radius 1 is 0.457 bits per heavy atom. The maximum absolute atomic E-state index is 11.0. The molecule has 0 radical (unpaired) electrons. The molecule has 4 heteroatoms. The predicted molar refractivity (Wildman–Crippen MR) is 203 cm³/mol. The molecule has 0 saturated heterocycles. The van der Waals surface area contributed by atoms with Gasteiger partial charge in [0.2, 0.25) is 0 Å². The number of carbonyl (C=O) groups is 2. The zero-order valence-corrected chi connectivity index (χ0v) is 31.1. The molecule has 272 valence electrons. The van der Waals surface area contributed by atoms with Crippen LogP contribution in [0, 0.1) is 0 Å². The Labute approximate surface area is 288 Å². The van der Waals surface area contributed by atoms with E-state index in [0.29, 0.717) is 13.0 Å². The molecule has 0 heterocycles. The molecule has 0 aromatic heterocycles. The summed E-state index contributed by atoms with van der Waals surface area (Å²) in [5.41, 5.74) is 5.49. The molecule has 0 aliphatic rings. The molecule has 0 fully saturated rings. The van der Waals surface area contributed by atoms with Crippen molar-refractivity contribution >= 4 is 11.8 Å². The van der Waals surface area contributed by atoms with Crippen molar-refractivity contribution in [2.45, 2.75) is 219 Å². The highest BCUT2D eigenvalue weighted by molar-refractivity contribution is 5.88. The van der Waals surface area contributed by atoms with Gasteiger partial charge in [-0.15, -0.1) is 0 Å². The second-order valence-corrected chi connectivity index (χ2v) is 13.5. The quantitative estimate of drug-likeness (QED) is 0.0414. The average molecular weight is 648 g/mol. The van der Waals surface area contributed by atoms with Crippen LogP contribution in [0.3, 0.4) is 0 Å². The van der Waals surface area contributed by atoms with Crippen molar-refractivity contribution < 1.29 is 14.3 Å². The molecule has 0 unspecified atom stereocenters. The minimum absolute atomic E-state index is 0.195. The molecule has 0 amide bonds. The van der Waals surface area contributed by atoms with Crippen LogP contribution in [0.15, 0.2) is 25.3 Å². The molecular weight excluding hydrogens is 566 g/mol. The van der Waals surface area contributed by atoms with E-state index in [-0.39, 0.29) is 11.8 Å². The second-order valence-electron chi connectivity index (χ2n) is 13.5. The van der Waals surface area contributed by atoms with Gasteiger partial charge in [-0.1, -0.05) is 206 Å². The smallest absolute Gasteiger partial charge is 0.330 e. The van der Waals surface area contributed by atoms with Gasteiger partial charge >= 0.3 is 5.97 Å². The third kappa shape index (κ3) is 44.7. The van der Waals surface area contributed by atoms with Crippen LogP contribution in [0.4, 0.5) is 0 Å². The van der Waals surface area contributed by atoms with Crippen LogP contribution in [-0.4, -0.2) is 24.9 Å². The minimum atomic E-state index is -0.300. The van der Waals surface area contributed by atoms with Crippen LogP contribution in [0.2, 0.25) is 0 Å².